The molecule has 0 bridgehead atoms. The molecule has 2 aromatic heterocycles. The lowest BCUT2D eigenvalue weighted by Gasteiger charge is -2.18. The summed E-state index contributed by atoms with van der Waals surface area (Å²) >= 11 is 9.56. The zero-order chi connectivity index (χ0) is 13.0. The second-order valence-electron chi connectivity index (χ2n) is 5.83. The molecule has 0 saturated heterocycles. The second kappa shape index (κ2) is 4.45. The summed E-state index contributed by atoms with van der Waals surface area (Å²) < 4.78 is 3.37. The van der Waals surface area contributed by atoms with E-state index in [9.17, 15) is 0 Å². The van der Waals surface area contributed by atoms with E-state index in [2.05, 4.69) is 36.7 Å². The topological polar surface area (TPSA) is 30.7 Å². The Morgan fingerprint density at radius 3 is 2.68 bits per heavy atom. The van der Waals surface area contributed by atoms with Crippen LogP contribution in [0.25, 0.3) is 11.0 Å². The molecular formula is C14H15BrClN3. The van der Waals surface area contributed by atoms with Gasteiger partial charge in [-0.3, -0.25) is 0 Å². The molecule has 19 heavy (non-hydrogen) atoms. The molecule has 2 unspecified atom stereocenters. The minimum Gasteiger partial charge on any atom is -0.328 e. The van der Waals surface area contributed by atoms with Crippen molar-refractivity contribution in [3.05, 3.63) is 22.1 Å². The molecule has 2 atom stereocenters. The van der Waals surface area contributed by atoms with E-state index < -0.39 is 0 Å². The first-order valence-corrected chi connectivity index (χ1v) is 8.08. The number of hydrogen-bond acceptors (Lipinski definition) is 2. The monoisotopic (exact) mass is 339 g/mol. The summed E-state index contributed by atoms with van der Waals surface area (Å²) in [5, 5.41) is 1.38. The van der Waals surface area contributed by atoms with Crippen LogP contribution in [0.15, 0.2) is 16.9 Å². The highest BCUT2D eigenvalue weighted by molar-refractivity contribution is 9.10. The molecule has 4 rings (SSSR count). The Hall–Kier alpha value is -0.610. The van der Waals surface area contributed by atoms with Gasteiger partial charge in [0.1, 0.15) is 5.65 Å². The zero-order valence-electron chi connectivity index (χ0n) is 10.5. The van der Waals surface area contributed by atoms with Crippen LogP contribution >= 0.6 is 27.5 Å². The van der Waals surface area contributed by atoms with Crippen molar-refractivity contribution >= 4 is 38.6 Å². The molecule has 2 heterocycles. The molecular weight excluding hydrogens is 326 g/mol. The van der Waals surface area contributed by atoms with E-state index >= 15 is 0 Å². The number of aromatic nitrogens is 3. The lowest BCUT2D eigenvalue weighted by molar-refractivity contribution is 0.434. The molecule has 0 N–H and O–H groups in total. The van der Waals surface area contributed by atoms with Gasteiger partial charge < -0.3 is 4.57 Å². The van der Waals surface area contributed by atoms with Gasteiger partial charge in [0.2, 0.25) is 5.28 Å². The molecule has 0 aliphatic heterocycles. The summed E-state index contributed by atoms with van der Waals surface area (Å²) in [7, 11) is 0. The number of rotatable bonds is 1. The number of nitrogens with zero attached hydrogens (tertiary/aromatic N) is 3. The summed E-state index contributed by atoms with van der Waals surface area (Å²) in [5.74, 6) is 2.02. The number of hydrogen-bond donors (Lipinski definition) is 0. The largest absolute Gasteiger partial charge is 0.328 e. The molecule has 2 aliphatic rings. The van der Waals surface area contributed by atoms with Crippen molar-refractivity contribution in [2.24, 2.45) is 11.8 Å². The highest BCUT2D eigenvalue weighted by atomic mass is 79.9. The van der Waals surface area contributed by atoms with Crippen LogP contribution in [0.1, 0.15) is 38.1 Å². The maximum atomic E-state index is 5.95. The third kappa shape index (κ3) is 2.09. The van der Waals surface area contributed by atoms with E-state index in [0.717, 1.165) is 27.3 Å². The molecule has 5 heteroatoms. The number of fused-ring (bicyclic) bond motifs is 2. The van der Waals surface area contributed by atoms with Crippen molar-refractivity contribution in [3.63, 3.8) is 0 Å². The molecule has 2 aromatic rings. The van der Waals surface area contributed by atoms with Crippen molar-refractivity contribution in [1.82, 2.24) is 14.5 Å². The van der Waals surface area contributed by atoms with Crippen LogP contribution in [0, 0.1) is 11.8 Å². The highest BCUT2D eigenvalue weighted by Gasteiger charge is 2.39. The fourth-order valence-electron chi connectivity index (χ4n) is 3.50. The Balaban J connectivity index is 1.75. The van der Waals surface area contributed by atoms with Crippen molar-refractivity contribution < 1.29 is 0 Å². The van der Waals surface area contributed by atoms with E-state index in [0.29, 0.717) is 11.3 Å². The van der Waals surface area contributed by atoms with Crippen LogP contribution < -0.4 is 0 Å². The quantitative estimate of drug-likeness (QED) is 0.710. The van der Waals surface area contributed by atoms with Crippen LogP contribution in [0.3, 0.4) is 0 Å². The Labute approximate surface area is 125 Å². The van der Waals surface area contributed by atoms with Gasteiger partial charge >= 0.3 is 0 Å². The smallest absolute Gasteiger partial charge is 0.224 e. The van der Waals surface area contributed by atoms with Crippen molar-refractivity contribution in [3.8, 4) is 0 Å². The van der Waals surface area contributed by atoms with Gasteiger partial charge in [0.15, 0.2) is 0 Å². The first-order chi connectivity index (χ1) is 9.22. The lowest BCUT2D eigenvalue weighted by Crippen LogP contribution is -2.08. The van der Waals surface area contributed by atoms with E-state index in [4.69, 9.17) is 11.6 Å². The maximum absolute atomic E-state index is 5.95. The SMILES string of the molecule is Clc1ncc2c(Br)cn(C3CCC4CC4CC3)c2n1. The molecule has 2 fully saturated rings. The average Bonchev–Trinajstić information content (AvgIpc) is 3.08. The standard InChI is InChI=1S/C14H15BrClN3/c15-12-7-19(13-11(12)6-17-14(16)18-13)10-3-1-8-5-9(8)2-4-10/h6-10H,1-5H2. The van der Waals surface area contributed by atoms with E-state index in [1.807, 2.05) is 0 Å². The number of halogens is 2. The summed E-state index contributed by atoms with van der Waals surface area (Å²) in [4.78, 5) is 8.50. The Morgan fingerprint density at radius 1 is 1.21 bits per heavy atom. The lowest BCUT2D eigenvalue weighted by atomic mass is 10.1. The first kappa shape index (κ1) is 12.2. The minimum atomic E-state index is 0.329. The van der Waals surface area contributed by atoms with Crippen LogP contribution in [0.5, 0.6) is 0 Å². The van der Waals surface area contributed by atoms with Crippen molar-refractivity contribution in [2.75, 3.05) is 0 Å². The average molecular weight is 341 g/mol. The van der Waals surface area contributed by atoms with E-state index in [-0.39, 0.29) is 0 Å². The van der Waals surface area contributed by atoms with Gasteiger partial charge in [-0.1, -0.05) is 0 Å². The van der Waals surface area contributed by atoms with Gasteiger partial charge in [0.05, 0.1) is 5.39 Å². The first-order valence-electron chi connectivity index (χ1n) is 6.91. The maximum Gasteiger partial charge on any atom is 0.224 e. The van der Waals surface area contributed by atoms with Crippen LogP contribution in [-0.2, 0) is 0 Å². The molecule has 0 radical (unpaired) electrons. The van der Waals surface area contributed by atoms with Gasteiger partial charge in [-0.2, -0.15) is 4.98 Å². The van der Waals surface area contributed by atoms with Crippen molar-refractivity contribution in [2.45, 2.75) is 38.1 Å². The van der Waals surface area contributed by atoms with E-state index in [1.54, 1.807) is 6.20 Å². The zero-order valence-corrected chi connectivity index (χ0v) is 12.9. The molecule has 0 aromatic carbocycles. The van der Waals surface area contributed by atoms with Crippen LogP contribution in [-0.4, -0.2) is 14.5 Å². The van der Waals surface area contributed by atoms with Gasteiger partial charge in [-0.15, -0.1) is 0 Å². The van der Waals surface area contributed by atoms with Gasteiger partial charge in [0, 0.05) is 22.9 Å². The second-order valence-corrected chi connectivity index (χ2v) is 7.02. The Morgan fingerprint density at radius 2 is 1.95 bits per heavy atom. The van der Waals surface area contributed by atoms with Gasteiger partial charge in [0.25, 0.3) is 0 Å². The van der Waals surface area contributed by atoms with Gasteiger partial charge in [-0.05, 0) is 71.5 Å². The predicted molar refractivity (Wildman–Crippen MR) is 79.3 cm³/mol. The normalized spacial score (nSPS) is 30.1. The minimum absolute atomic E-state index is 0.329. The fraction of sp³-hybridized carbons (Fsp3) is 0.571. The summed E-state index contributed by atoms with van der Waals surface area (Å²) in [6.07, 6.45) is 10.7. The molecule has 0 amide bonds. The molecule has 3 nitrogen and oxygen atoms in total. The predicted octanol–water partition coefficient (Wildman–Crippen LogP) is 4.60. The van der Waals surface area contributed by atoms with Gasteiger partial charge in [-0.25, -0.2) is 4.98 Å². The van der Waals surface area contributed by atoms with E-state index in [1.165, 1.54) is 32.1 Å². The fourth-order valence-corrected chi connectivity index (χ4v) is 4.13. The summed E-state index contributed by atoms with van der Waals surface area (Å²) in [6.45, 7) is 0. The third-order valence-electron chi connectivity index (χ3n) is 4.70. The van der Waals surface area contributed by atoms with Crippen LogP contribution in [0.2, 0.25) is 5.28 Å². The molecule has 100 valence electrons. The highest BCUT2D eigenvalue weighted by Crippen LogP contribution is 2.50. The molecule has 0 spiro atoms. The van der Waals surface area contributed by atoms with Crippen LogP contribution in [0.4, 0.5) is 0 Å². The molecule has 2 aliphatic carbocycles. The Bertz CT molecular complexity index is 627. The summed E-state index contributed by atoms with van der Waals surface area (Å²) in [5.41, 5.74) is 0.965. The molecule has 2 saturated carbocycles. The summed E-state index contributed by atoms with van der Waals surface area (Å²) in [6, 6.07) is 0.563. The van der Waals surface area contributed by atoms with Crippen molar-refractivity contribution in [1.29, 1.82) is 0 Å². The Kier molecular flexibility index (Phi) is 2.85. The third-order valence-corrected chi connectivity index (χ3v) is 5.51.